The monoisotopic (exact) mass is 433 g/mol. The van der Waals surface area contributed by atoms with E-state index in [1.54, 1.807) is 19.1 Å². The van der Waals surface area contributed by atoms with Crippen LogP contribution in [0.5, 0.6) is 0 Å². The van der Waals surface area contributed by atoms with Gasteiger partial charge in [0.25, 0.3) is 0 Å². The van der Waals surface area contributed by atoms with Gasteiger partial charge in [0.05, 0.1) is 6.54 Å². The van der Waals surface area contributed by atoms with Gasteiger partial charge < -0.3 is 25.4 Å². The molecule has 30 heavy (non-hydrogen) atoms. The number of amides is 3. The van der Waals surface area contributed by atoms with Crippen molar-refractivity contribution < 1.29 is 9.59 Å². The number of hydrogen-bond acceptors (Lipinski definition) is 5. The molecule has 1 unspecified atom stereocenters. The Morgan fingerprint density at radius 2 is 1.87 bits per heavy atom. The Labute approximate surface area is 182 Å². The molecule has 162 valence electrons. The maximum absolute atomic E-state index is 12.8. The Hall–Kier alpha value is -2.65. The van der Waals surface area contributed by atoms with E-state index in [1.165, 1.54) is 0 Å². The number of urea groups is 1. The minimum Gasteiger partial charge on any atom is -0.341 e. The van der Waals surface area contributed by atoms with Crippen LogP contribution in [-0.4, -0.2) is 57.3 Å². The molecule has 3 heterocycles. The van der Waals surface area contributed by atoms with Crippen molar-refractivity contribution in [2.75, 3.05) is 25.0 Å². The summed E-state index contributed by atoms with van der Waals surface area (Å²) in [6, 6.07) is 8.21. The molecule has 1 saturated heterocycles. The molecular formula is C20H28ClN7O2. The first-order valence-electron chi connectivity index (χ1n) is 10.2. The lowest BCUT2D eigenvalue weighted by Crippen LogP contribution is -2.50. The minimum atomic E-state index is -0.581. The highest BCUT2D eigenvalue weighted by atomic mass is 35.5. The fraction of sp³-hybridized carbons (Fsp3) is 0.500. The lowest BCUT2D eigenvalue weighted by molar-refractivity contribution is -0.133. The van der Waals surface area contributed by atoms with Crippen molar-refractivity contribution in [1.82, 2.24) is 30.3 Å². The van der Waals surface area contributed by atoms with Gasteiger partial charge in [-0.1, -0.05) is 18.2 Å². The molecule has 3 amide bonds. The van der Waals surface area contributed by atoms with Crippen LogP contribution in [0.1, 0.15) is 37.3 Å². The molecule has 1 aromatic heterocycles. The molecule has 0 spiro atoms. The summed E-state index contributed by atoms with van der Waals surface area (Å²) in [4.78, 5) is 26.7. The number of para-hydroxylation sites is 1. The fourth-order valence-electron chi connectivity index (χ4n) is 4.00. The van der Waals surface area contributed by atoms with E-state index in [4.69, 9.17) is 0 Å². The first kappa shape index (κ1) is 22.0. The van der Waals surface area contributed by atoms with E-state index < -0.39 is 6.04 Å². The predicted octanol–water partition coefficient (Wildman–Crippen LogP) is 1.72. The number of rotatable bonds is 4. The van der Waals surface area contributed by atoms with Crippen LogP contribution in [0.25, 0.3) is 0 Å². The van der Waals surface area contributed by atoms with Crippen molar-refractivity contribution in [3.05, 3.63) is 42.0 Å². The molecule has 1 aromatic carbocycles. The highest BCUT2D eigenvalue weighted by molar-refractivity contribution is 5.93. The van der Waals surface area contributed by atoms with Crippen LogP contribution in [-0.2, 0) is 17.9 Å². The molecule has 2 aromatic rings. The van der Waals surface area contributed by atoms with Crippen LogP contribution in [0.15, 0.2) is 30.3 Å². The number of carbonyl (C=O) groups excluding carboxylic acids is 2. The van der Waals surface area contributed by atoms with Crippen molar-refractivity contribution in [3.8, 4) is 0 Å². The third kappa shape index (κ3) is 4.91. The third-order valence-electron chi connectivity index (χ3n) is 5.57. The number of anilines is 1. The van der Waals surface area contributed by atoms with Gasteiger partial charge in [-0.05, 0) is 31.9 Å². The van der Waals surface area contributed by atoms with Gasteiger partial charge >= 0.3 is 6.03 Å². The van der Waals surface area contributed by atoms with Gasteiger partial charge in [-0.3, -0.25) is 4.79 Å². The van der Waals surface area contributed by atoms with E-state index in [0.717, 1.165) is 44.1 Å². The number of fused-ring (bicyclic) bond motifs is 1. The molecule has 0 aliphatic carbocycles. The second-order valence-corrected chi connectivity index (χ2v) is 7.59. The number of piperidine rings is 1. The smallest absolute Gasteiger partial charge is 0.319 e. The van der Waals surface area contributed by atoms with Crippen LogP contribution in [0.3, 0.4) is 0 Å². The van der Waals surface area contributed by atoms with Gasteiger partial charge in [0.15, 0.2) is 0 Å². The standard InChI is InChI=1S/C20H27N7O2.ClH/c1-14(22-20(29)23-16-5-3-2-4-6-16)19(28)26-10-7-15(8-11-26)18-25-24-17-13-21-9-12-27(17)18;/h2-6,14-15,21H,7-13H2,1H3,(H2,22,23,29);1H. The van der Waals surface area contributed by atoms with Gasteiger partial charge in [-0.15, -0.1) is 22.6 Å². The van der Waals surface area contributed by atoms with Crippen LogP contribution in [0.2, 0.25) is 0 Å². The number of halogens is 1. The summed E-state index contributed by atoms with van der Waals surface area (Å²) in [6.07, 6.45) is 1.72. The fourth-order valence-corrected chi connectivity index (χ4v) is 4.00. The van der Waals surface area contributed by atoms with E-state index in [1.807, 2.05) is 23.1 Å². The molecule has 0 radical (unpaired) electrons. The zero-order valence-electron chi connectivity index (χ0n) is 17.0. The summed E-state index contributed by atoms with van der Waals surface area (Å²) >= 11 is 0. The van der Waals surface area contributed by atoms with Gasteiger partial charge in [-0.2, -0.15) is 0 Å². The van der Waals surface area contributed by atoms with Crippen LogP contribution in [0, 0.1) is 0 Å². The number of likely N-dealkylation sites (tertiary alicyclic amines) is 1. The van der Waals surface area contributed by atoms with E-state index in [2.05, 4.69) is 30.7 Å². The highest BCUT2D eigenvalue weighted by Crippen LogP contribution is 2.28. The average molecular weight is 434 g/mol. The van der Waals surface area contributed by atoms with Gasteiger partial charge in [0, 0.05) is 37.8 Å². The van der Waals surface area contributed by atoms with Gasteiger partial charge in [0.1, 0.15) is 17.7 Å². The minimum absolute atomic E-state index is 0. The lowest BCUT2D eigenvalue weighted by Gasteiger charge is -2.33. The second kappa shape index (κ2) is 9.90. The number of aromatic nitrogens is 3. The Morgan fingerprint density at radius 1 is 1.13 bits per heavy atom. The van der Waals surface area contributed by atoms with Crippen molar-refractivity contribution in [2.24, 2.45) is 0 Å². The molecular weight excluding hydrogens is 406 g/mol. The molecule has 0 saturated carbocycles. The average Bonchev–Trinajstić information content (AvgIpc) is 3.18. The molecule has 2 aliphatic rings. The summed E-state index contributed by atoms with van der Waals surface area (Å²) < 4.78 is 2.22. The van der Waals surface area contributed by atoms with E-state index in [9.17, 15) is 9.59 Å². The number of nitrogens with one attached hydrogen (secondary N) is 3. The third-order valence-corrected chi connectivity index (χ3v) is 5.57. The van der Waals surface area contributed by atoms with Crippen molar-refractivity contribution in [3.63, 3.8) is 0 Å². The number of benzene rings is 1. The second-order valence-electron chi connectivity index (χ2n) is 7.59. The normalized spacial score (nSPS) is 17.4. The van der Waals surface area contributed by atoms with Gasteiger partial charge in [-0.25, -0.2) is 4.79 Å². The maximum atomic E-state index is 12.8. The Bertz CT molecular complexity index is 865. The Balaban J connectivity index is 0.00000256. The van der Waals surface area contributed by atoms with Crippen LogP contribution < -0.4 is 16.0 Å². The number of carbonyl (C=O) groups is 2. The summed E-state index contributed by atoms with van der Waals surface area (Å²) in [5.41, 5.74) is 0.692. The molecule has 9 nitrogen and oxygen atoms in total. The Kier molecular flexibility index (Phi) is 7.28. The van der Waals surface area contributed by atoms with Crippen molar-refractivity contribution >= 4 is 30.0 Å². The van der Waals surface area contributed by atoms with Crippen molar-refractivity contribution in [2.45, 2.75) is 44.8 Å². The first-order valence-corrected chi connectivity index (χ1v) is 10.2. The van der Waals surface area contributed by atoms with E-state index in [-0.39, 0.29) is 24.3 Å². The zero-order valence-corrected chi connectivity index (χ0v) is 17.8. The predicted molar refractivity (Wildman–Crippen MR) is 116 cm³/mol. The van der Waals surface area contributed by atoms with Crippen LogP contribution in [0.4, 0.5) is 10.5 Å². The maximum Gasteiger partial charge on any atom is 0.319 e. The quantitative estimate of drug-likeness (QED) is 0.681. The first-order chi connectivity index (χ1) is 14.1. The van der Waals surface area contributed by atoms with E-state index >= 15 is 0 Å². The largest absolute Gasteiger partial charge is 0.341 e. The molecule has 10 heteroatoms. The van der Waals surface area contributed by atoms with E-state index in [0.29, 0.717) is 24.7 Å². The number of nitrogens with zero attached hydrogens (tertiary/aromatic N) is 4. The lowest BCUT2D eigenvalue weighted by atomic mass is 9.95. The molecule has 2 aliphatic heterocycles. The zero-order chi connectivity index (χ0) is 20.2. The highest BCUT2D eigenvalue weighted by Gasteiger charge is 2.30. The summed E-state index contributed by atoms with van der Waals surface area (Å²) in [5, 5.41) is 17.5. The summed E-state index contributed by atoms with van der Waals surface area (Å²) in [7, 11) is 0. The summed E-state index contributed by atoms with van der Waals surface area (Å²) in [5.74, 6) is 2.30. The molecule has 1 atom stereocenters. The topological polar surface area (TPSA) is 104 Å². The molecule has 3 N–H and O–H groups in total. The van der Waals surface area contributed by atoms with Crippen LogP contribution >= 0.6 is 12.4 Å². The summed E-state index contributed by atoms with van der Waals surface area (Å²) in [6.45, 7) is 5.64. The Morgan fingerprint density at radius 3 is 2.60 bits per heavy atom. The van der Waals surface area contributed by atoms with Crippen molar-refractivity contribution in [1.29, 1.82) is 0 Å². The molecule has 1 fully saturated rings. The molecule has 4 rings (SSSR count). The SMILES string of the molecule is CC(NC(=O)Nc1ccccc1)C(=O)N1CCC(c2nnc3n2CCNC3)CC1.Cl. The van der Waals surface area contributed by atoms with Gasteiger partial charge in [0.2, 0.25) is 5.91 Å². The number of hydrogen-bond donors (Lipinski definition) is 3. The molecule has 0 bridgehead atoms.